The smallest absolute Gasteiger partial charge is 0.362 e. The van der Waals surface area contributed by atoms with Gasteiger partial charge in [0.2, 0.25) is 5.34 Å². The van der Waals surface area contributed by atoms with Crippen molar-refractivity contribution in [3.05, 3.63) is 24.3 Å². The molecule has 1 unspecified atom stereocenters. The number of quaternary nitrogens is 1. The molecule has 0 aromatic carbocycles. The number of unbranched alkanes of at least 4 members (excludes halogenated alkanes) is 15. The first-order chi connectivity index (χ1) is 16.5. The molecule has 0 aliphatic heterocycles. The Kier molecular flexibility index (Phi) is 20.3. The van der Waals surface area contributed by atoms with Crippen molar-refractivity contribution in [3.8, 4) is 0 Å². The second-order valence-corrected chi connectivity index (χ2v) is 13.3. The van der Waals surface area contributed by atoms with Crippen LogP contribution >= 0.6 is 7.60 Å². The van der Waals surface area contributed by atoms with Gasteiger partial charge in [-0.3, -0.25) is 4.57 Å². The lowest BCUT2D eigenvalue weighted by Gasteiger charge is -2.35. The zero-order valence-corrected chi connectivity index (χ0v) is 24.5. The van der Waals surface area contributed by atoms with Gasteiger partial charge in [0, 0.05) is 0 Å². The van der Waals surface area contributed by atoms with E-state index in [4.69, 9.17) is 0 Å². The number of nitrogens with zero attached hydrogens (tertiary/aromatic N) is 1. The van der Waals surface area contributed by atoms with Crippen molar-refractivity contribution in [2.45, 2.75) is 134 Å². The summed E-state index contributed by atoms with van der Waals surface area (Å²) in [4.78, 5) is 19.2. The molecule has 0 saturated heterocycles. The largest absolute Gasteiger partial charge is 0.373 e. The number of hydrogen-bond donors (Lipinski definition) is 3. The maximum Gasteiger partial charge on any atom is 0.362 e. The average molecular weight is 517 g/mol. The molecule has 0 aliphatic carbocycles. The summed E-state index contributed by atoms with van der Waals surface area (Å²) in [6.07, 6.45) is 31.5. The van der Waals surface area contributed by atoms with Gasteiger partial charge in [-0.1, -0.05) is 108 Å². The number of likely N-dealkylation sites (N-methyl/N-ethyl adjacent to an activating group) is 1. The minimum Gasteiger partial charge on any atom is -0.373 e. The summed E-state index contributed by atoms with van der Waals surface area (Å²) in [7, 11) is 0.904. The molecular weight excluding hydrogens is 457 g/mol. The molecule has 0 aromatic heterocycles. The summed E-state index contributed by atoms with van der Waals surface area (Å²) >= 11 is 0. The van der Waals surface area contributed by atoms with Gasteiger partial charge < -0.3 is 19.4 Å². The van der Waals surface area contributed by atoms with E-state index in [2.05, 4.69) is 31.2 Å². The standard InChI is InChI=1S/C29H58NO4P/c1-5-6-7-8-9-10-11-12-13-14-15-16-17-18-19-20-21-22-23-24-25-26-27-29(31,35(32,33)34)28-30(2,3)4/h19-20,23-24,31H,5-18,21-22,25-28H2,1-4H3,(H-,32,33,34)/p+1/b20-19-,24-23-. The van der Waals surface area contributed by atoms with Gasteiger partial charge >= 0.3 is 7.60 Å². The molecule has 0 aromatic rings. The highest BCUT2D eigenvalue weighted by atomic mass is 31.2. The van der Waals surface area contributed by atoms with E-state index >= 15 is 0 Å². The number of allylic oxidation sites excluding steroid dienone is 4. The van der Waals surface area contributed by atoms with Crippen LogP contribution in [-0.2, 0) is 4.57 Å². The van der Waals surface area contributed by atoms with E-state index < -0.39 is 12.9 Å². The predicted molar refractivity (Wildman–Crippen MR) is 152 cm³/mol. The molecule has 1 atom stereocenters. The van der Waals surface area contributed by atoms with Crippen LogP contribution < -0.4 is 0 Å². The van der Waals surface area contributed by atoms with Crippen molar-refractivity contribution in [1.82, 2.24) is 0 Å². The van der Waals surface area contributed by atoms with Gasteiger partial charge in [-0.25, -0.2) is 0 Å². The Labute approximate surface area is 217 Å². The third-order valence-electron chi connectivity index (χ3n) is 6.53. The lowest BCUT2D eigenvalue weighted by molar-refractivity contribution is -0.875. The van der Waals surface area contributed by atoms with E-state index in [0.717, 1.165) is 19.3 Å². The monoisotopic (exact) mass is 516 g/mol. The lowest BCUT2D eigenvalue weighted by atomic mass is 10.0. The van der Waals surface area contributed by atoms with Gasteiger partial charge in [0.05, 0.1) is 21.1 Å². The highest BCUT2D eigenvalue weighted by Gasteiger charge is 2.48. The van der Waals surface area contributed by atoms with Crippen LogP contribution in [0.4, 0.5) is 0 Å². The summed E-state index contributed by atoms with van der Waals surface area (Å²) in [6, 6.07) is 0. The highest BCUT2D eigenvalue weighted by molar-refractivity contribution is 7.53. The van der Waals surface area contributed by atoms with Crippen molar-refractivity contribution in [2.24, 2.45) is 0 Å². The first kappa shape index (κ1) is 34.6. The van der Waals surface area contributed by atoms with Gasteiger partial charge in [-0.2, -0.15) is 0 Å². The molecule has 0 radical (unpaired) electrons. The molecule has 0 amide bonds. The fraction of sp³-hybridized carbons (Fsp3) is 0.862. The zero-order valence-electron chi connectivity index (χ0n) is 23.6. The molecule has 3 N–H and O–H groups in total. The first-order valence-corrected chi connectivity index (χ1v) is 16.0. The highest BCUT2D eigenvalue weighted by Crippen LogP contribution is 2.52. The fourth-order valence-corrected chi connectivity index (χ4v) is 5.58. The summed E-state index contributed by atoms with van der Waals surface area (Å²) in [5.41, 5.74) is 0. The minimum atomic E-state index is -4.57. The molecule has 0 fully saturated rings. The van der Waals surface area contributed by atoms with E-state index in [-0.39, 0.29) is 13.0 Å². The Balaban J connectivity index is 3.63. The number of hydrogen-bond acceptors (Lipinski definition) is 2. The normalized spacial score (nSPS) is 14.8. The molecule has 6 heteroatoms. The predicted octanol–water partition coefficient (Wildman–Crippen LogP) is 8.10. The maximum atomic E-state index is 11.8. The van der Waals surface area contributed by atoms with Crippen molar-refractivity contribution in [2.75, 3.05) is 27.7 Å². The number of aliphatic hydroxyl groups is 1. The van der Waals surface area contributed by atoms with E-state index in [0.29, 0.717) is 10.9 Å². The Morgan fingerprint density at radius 2 is 1.00 bits per heavy atom. The molecule has 0 bridgehead atoms. The molecule has 0 saturated carbocycles. The van der Waals surface area contributed by atoms with Gasteiger partial charge in [0.1, 0.15) is 6.54 Å². The summed E-state index contributed by atoms with van der Waals surface area (Å²) in [6.45, 7) is 2.31. The number of rotatable bonds is 24. The topological polar surface area (TPSA) is 77.8 Å². The van der Waals surface area contributed by atoms with Gasteiger partial charge in [-0.05, 0) is 44.9 Å². The summed E-state index contributed by atoms with van der Waals surface area (Å²) in [5, 5.41) is 8.59. The first-order valence-electron chi connectivity index (χ1n) is 14.4. The fourth-order valence-electron chi connectivity index (χ4n) is 4.52. The molecule has 0 aliphatic rings. The zero-order chi connectivity index (χ0) is 26.5. The van der Waals surface area contributed by atoms with Gasteiger partial charge in [0.15, 0.2) is 0 Å². The van der Waals surface area contributed by atoms with E-state index in [9.17, 15) is 19.5 Å². The Morgan fingerprint density at radius 3 is 1.40 bits per heavy atom. The van der Waals surface area contributed by atoms with Crippen molar-refractivity contribution in [1.29, 1.82) is 0 Å². The Hall–Kier alpha value is -0.450. The lowest BCUT2D eigenvalue weighted by Crippen LogP contribution is -2.49. The van der Waals surface area contributed by atoms with Gasteiger partial charge in [-0.15, -0.1) is 0 Å². The van der Waals surface area contributed by atoms with Gasteiger partial charge in [0.25, 0.3) is 0 Å². The molecule has 0 spiro atoms. The molecule has 35 heavy (non-hydrogen) atoms. The molecule has 0 heterocycles. The van der Waals surface area contributed by atoms with Crippen molar-refractivity contribution >= 4 is 7.60 Å². The third kappa shape index (κ3) is 21.4. The summed E-state index contributed by atoms with van der Waals surface area (Å²) in [5.74, 6) is 0. The maximum absolute atomic E-state index is 11.8. The second-order valence-electron chi connectivity index (χ2n) is 11.4. The van der Waals surface area contributed by atoms with Crippen LogP contribution in [0.1, 0.15) is 129 Å². The Bertz CT molecular complexity index is 594. The van der Waals surface area contributed by atoms with Crippen LogP contribution in [0.5, 0.6) is 0 Å². The molecule has 208 valence electrons. The van der Waals surface area contributed by atoms with E-state index in [1.165, 1.54) is 89.9 Å². The average Bonchev–Trinajstić information content (AvgIpc) is 2.75. The molecule has 5 nitrogen and oxygen atoms in total. The third-order valence-corrected chi connectivity index (χ3v) is 7.97. The quantitative estimate of drug-likeness (QED) is 0.0524. The van der Waals surface area contributed by atoms with Crippen molar-refractivity contribution in [3.63, 3.8) is 0 Å². The summed E-state index contributed by atoms with van der Waals surface area (Å²) < 4.78 is 12.1. The van der Waals surface area contributed by atoms with Crippen LogP contribution in [0.15, 0.2) is 24.3 Å². The van der Waals surface area contributed by atoms with Crippen LogP contribution in [0, 0.1) is 0 Å². The van der Waals surface area contributed by atoms with E-state index in [1.807, 2.05) is 21.1 Å². The van der Waals surface area contributed by atoms with Crippen LogP contribution in [-0.4, -0.2) is 52.4 Å². The van der Waals surface area contributed by atoms with Crippen molar-refractivity contribution < 1.29 is 23.9 Å². The SMILES string of the molecule is CCCCCCCCCCCCCCC/C=C\CC/C=C\CCCC(O)(C[N+](C)(C)C)P(=O)(O)O. The van der Waals surface area contributed by atoms with Crippen LogP contribution in [0.25, 0.3) is 0 Å². The molecular formula is C29H59NO4P+. The van der Waals surface area contributed by atoms with E-state index in [1.54, 1.807) is 0 Å². The van der Waals surface area contributed by atoms with Crippen LogP contribution in [0.2, 0.25) is 0 Å². The molecule has 0 rings (SSSR count). The second kappa shape index (κ2) is 20.6. The van der Waals surface area contributed by atoms with Crippen LogP contribution in [0.3, 0.4) is 0 Å². The minimum absolute atomic E-state index is 0.0328. The Morgan fingerprint density at radius 1 is 0.629 bits per heavy atom.